The summed E-state index contributed by atoms with van der Waals surface area (Å²) in [6.07, 6.45) is 0.820. The van der Waals surface area contributed by atoms with Crippen LogP contribution in [0.25, 0.3) is 11.3 Å². The molecule has 0 aliphatic carbocycles. The van der Waals surface area contributed by atoms with Gasteiger partial charge in [0, 0.05) is 16.4 Å². The monoisotopic (exact) mass is 306 g/mol. The van der Waals surface area contributed by atoms with Gasteiger partial charge in [0.05, 0.1) is 24.9 Å². The lowest BCUT2D eigenvalue weighted by Crippen LogP contribution is -2.02. The van der Waals surface area contributed by atoms with Crippen molar-refractivity contribution < 1.29 is 9.47 Å². The van der Waals surface area contributed by atoms with Crippen LogP contribution in [-0.4, -0.2) is 25.7 Å². The lowest BCUT2D eigenvalue weighted by molar-refractivity contribution is 0.404. The number of thiazole rings is 1. The Morgan fingerprint density at radius 3 is 2.57 bits per heavy atom. The van der Waals surface area contributed by atoms with E-state index >= 15 is 0 Å². The Morgan fingerprint density at radius 1 is 1.24 bits per heavy atom. The number of nitrogens with zero attached hydrogens (tertiary/aromatic N) is 1. The van der Waals surface area contributed by atoms with Crippen LogP contribution in [0.1, 0.15) is 29.7 Å². The Hall–Kier alpha value is -1.59. The molecule has 114 valence electrons. The maximum atomic E-state index is 5.74. The van der Waals surface area contributed by atoms with Crippen LogP contribution in [0.3, 0.4) is 0 Å². The van der Waals surface area contributed by atoms with Crippen molar-refractivity contribution in [1.82, 2.24) is 4.98 Å². The van der Waals surface area contributed by atoms with E-state index in [0.717, 1.165) is 34.2 Å². The van der Waals surface area contributed by atoms with Gasteiger partial charge in [0.2, 0.25) is 0 Å². The lowest BCUT2D eigenvalue weighted by Gasteiger charge is -2.10. The van der Waals surface area contributed by atoms with Crippen LogP contribution in [0.5, 0.6) is 11.5 Å². The predicted molar refractivity (Wildman–Crippen MR) is 87.5 cm³/mol. The van der Waals surface area contributed by atoms with E-state index in [2.05, 4.69) is 13.8 Å². The lowest BCUT2D eigenvalue weighted by atomic mass is 10.1. The third kappa shape index (κ3) is 3.36. The van der Waals surface area contributed by atoms with Crippen LogP contribution in [0, 0.1) is 0 Å². The highest BCUT2D eigenvalue weighted by Crippen LogP contribution is 2.38. The summed E-state index contributed by atoms with van der Waals surface area (Å²) in [4.78, 5) is 6.01. The Labute approximate surface area is 129 Å². The molecule has 0 bridgehead atoms. The third-order valence-corrected chi connectivity index (χ3v) is 4.66. The quantitative estimate of drug-likeness (QED) is 0.888. The molecule has 5 heteroatoms. The molecule has 2 N–H and O–H groups in total. The normalized spacial score (nSPS) is 11.0. The Kier molecular flexibility index (Phi) is 5.20. The van der Waals surface area contributed by atoms with Crippen molar-refractivity contribution in [3.8, 4) is 22.8 Å². The number of aromatic nitrogens is 1. The molecule has 1 aromatic carbocycles. The van der Waals surface area contributed by atoms with Gasteiger partial charge in [0.15, 0.2) is 0 Å². The van der Waals surface area contributed by atoms with Gasteiger partial charge < -0.3 is 15.2 Å². The van der Waals surface area contributed by atoms with E-state index in [4.69, 9.17) is 20.2 Å². The molecule has 1 aromatic heterocycles. The second-order valence-electron chi connectivity index (χ2n) is 5.08. The fraction of sp³-hybridized carbons (Fsp3) is 0.438. The topological polar surface area (TPSA) is 57.4 Å². The van der Waals surface area contributed by atoms with Gasteiger partial charge >= 0.3 is 0 Å². The summed E-state index contributed by atoms with van der Waals surface area (Å²) in [6.45, 7) is 4.91. The molecule has 0 atom stereocenters. The molecular weight excluding hydrogens is 284 g/mol. The van der Waals surface area contributed by atoms with Gasteiger partial charge in [-0.15, -0.1) is 11.3 Å². The van der Waals surface area contributed by atoms with E-state index in [1.54, 1.807) is 25.6 Å². The van der Waals surface area contributed by atoms with Crippen molar-refractivity contribution in [3.05, 3.63) is 28.1 Å². The Morgan fingerprint density at radius 2 is 2.00 bits per heavy atom. The largest absolute Gasteiger partial charge is 0.497 e. The fourth-order valence-electron chi connectivity index (χ4n) is 2.13. The number of benzene rings is 1. The van der Waals surface area contributed by atoms with Crippen molar-refractivity contribution in [3.63, 3.8) is 0 Å². The van der Waals surface area contributed by atoms with E-state index in [-0.39, 0.29) is 0 Å². The molecule has 0 saturated carbocycles. The van der Waals surface area contributed by atoms with Crippen molar-refractivity contribution in [2.45, 2.75) is 26.2 Å². The number of hydrogen-bond acceptors (Lipinski definition) is 5. The van der Waals surface area contributed by atoms with Crippen LogP contribution in [0.4, 0.5) is 0 Å². The first-order valence-electron chi connectivity index (χ1n) is 7.02. The van der Waals surface area contributed by atoms with E-state index in [9.17, 15) is 0 Å². The maximum absolute atomic E-state index is 5.74. The first-order valence-corrected chi connectivity index (χ1v) is 7.84. The number of ether oxygens (including phenoxy) is 2. The summed E-state index contributed by atoms with van der Waals surface area (Å²) < 4.78 is 10.8. The highest BCUT2D eigenvalue weighted by Gasteiger charge is 2.18. The van der Waals surface area contributed by atoms with Crippen LogP contribution < -0.4 is 15.2 Å². The zero-order chi connectivity index (χ0) is 15.4. The second-order valence-corrected chi connectivity index (χ2v) is 6.20. The standard InChI is InChI=1S/C16H22N2O2S/c1-10(2)16-18-15(14(21-16)7-8-17)12-9-11(19-3)5-6-13(12)20-4/h5-6,9-10H,7-8,17H2,1-4H3. The summed E-state index contributed by atoms with van der Waals surface area (Å²) in [7, 11) is 3.33. The van der Waals surface area contributed by atoms with E-state index in [1.807, 2.05) is 18.2 Å². The van der Waals surface area contributed by atoms with Gasteiger partial charge in [-0.2, -0.15) is 0 Å². The van der Waals surface area contributed by atoms with Crippen molar-refractivity contribution in [2.75, 3.05) is 20.8 Å². The Balaban J connectivity index is 2.58. The summed E-state index contributed by atoms with van der Waals surface area (Å²) in [6, 6.07) is 5.77. The highest BCUT2D eigenvalue weighted by molar-refractivity contribution is 7.12. The SMILES string of the molecule is COc1ccc(OC)c(-c2nc(C(C)C)sc2CCN)c1. The van der Waals surface area contributed by atoms with E-state index < -0.39 is 0 Å². The van der Waals surface area contributed by atoms with Crippen molar-refractivity contribution in [1.29, 1.82) is 0 Å². The molecule has 0 radical (unpaired) electrons. The number of nitrogens with two attached hydrogens (primary N) is 1. The molecule has 0 aliphatic heterocycles. The van der Waals surface area contributed by atoms with Crippen LogP contribution in [0.2, 0.25) is 0 Å². The van der Waals surface area contributed by atoms with Gasteiger partial charge in [-0.05, 0) is 31.2 Å². The second kappa shape index (κ2) is 6.91. The molecule has 2 aromatic rings. The molecule has 4 nitrogen and oxygen atoms in total. The van der Waals surface area contributed by atoms with Crippen LogP contribution in [0.15, 0.2) is 18.2 Å². The summed E-state index contributed by atoms with van der Waals surface area (Å²) >= 11 is 1.73. The van der Waals surface area contributed by atoms with Gasteiger partial charge in [-0.1, -0.05) is 13.8 Å². The number of methoxy groups -OCH3 is 2. The van der Waals surface area contributed by atoms with Crippen molar-refractivity contribution >= 4 is 11.3 Å². The zero-order valence-corrected chi connectivity index (χ0v) is 13.8. The predicted octanol–water partition coefficient (Wildman–Crippen LogP) is 3.45. The summed E-state index contributed by atoms with van der Waals surface area (Å²) in [5, 5.41) is 1.12. The number of rotatable bonds is 6. The third-order valence-electron chi connectivity index (χ3n) is 3.24. The van der Waals surface area contributed by atoms with E-state index in [1.165, 1.54) is 4.88 Å². The number of hydrogen-bond donors (Lipinski definition) is 1. The average Bonchev–Trinajstić information content (AvgIpc) is 2.91. The molecule has 0 unspecified atom stereocenters. The first kappa shape index (κ1) is 15.8. The maximum Gasteiger partial charge on any atom is 0.128 e. The smallest absolute Gasteiger partial charge is 0.128 e. The zero-order valence-electron chi connectivity index (χ0n) is 13.0. The van der Waals surface area contributed by atoms with Crippen molar-refractivity contribution in [2.24, 2.45) is 5.73 Å². The van der Waals surface area contributed by atoms with Crippen LogP contribution in [-0.2, 0) is 6.42 Å². The fourth-order valence-corrected chi connectivity index (χ4v) is 3.22. The minimum Gasteiger partial charge on any atom is -0.497 e. The molecule has 0 aliphatic rings. The molecule has 0 amide bonds. The van der Waals surface area contributed by atoms with Gasteiger partial charge in [-0.3, -0.25) is 0 Å². The summed E-state index contributed by atoms with van der Waals surface area (Å²) in [5.41, 5.74) is 7.67. The molecule has 1 heterocycles. The minimum atomic E-state index is 0.400. The van der Waals surface area contributed by atoms with Gasteiger partial charge in [-0.25, -0.2) is 4.98 Å². The summed E-state index contributed by atoms with van der Waals surface area (Å²) in [5.74, 6) is 2.00. The molecule has 0 saturated heterocycles. The van der Waals surface area contributed by atoms with Crippen LogP contribution >= 0.6 is 11.3 Å². The molecular formula is C16H22N2O2S. The Bertz CT molecular complexity index is 608. The molecule has 21 heavy (non-hydrogen) atoms. The first-order chi connectivity index (χ1) is 10.1. The van der Waals surface area contributed by atoms with Gasteiger partial charge in [0.1, 0.15) is 11.5 Å². The molecule has 0 fully saturated rings. The van der Waals surface area contributed by atoms with Gasteiger partial charge in [0.25, 0.3) is 0 Å². The average molecular weight is 306 g/mol. The minimum absolute atomic E-state index is 0.400. The molecule has 0 spiro atoms. The highest BCUT2D eigenvalue weighted by atomic mass is 32.1. The van der Waals surface area contributed by atoms with E-state index in [0.29, 0.717) is 12.5 Å². The molecule has 2 rings (SSSR count).